The van der Waals surface area contributed by atoms with Crippen molar-refractivity contribution < 1.29 is 27.9 Å². The Bertz CT molecular complexity index is 1630. The number of amides is 3. The van der Waals surface area contributed by atoms with Gasteiger partial charge in [0.25, 0.3) is 5.91 Å². The molecule has 0 unspecified atom stereocenters. The van der Waals surface area contributed by atoms with Crippen LogP contribution in [0.3, 0.4) is 0 Å². The summed E-state index contributed by atoms with van der Waals surface area (Å²) in [5, 5.41) is 9.34. The van der Waals surface area contributed by atoms with Crippen molar-refractivity contribution in [1.82, 2.24) is 25.8 Å². The zero-order valence-electron chi connectivity index (χ0n) is 25.5. The third-order valence-electron chi connectivity index (χ3n) is 8.53. The lowest BCUT2D eigenvalue weighted by Crippen LogP contribution is -2.49. The molecule has 1 aliphatic carbocycles. The maximum atomic E-state index is 14.6. The number of alkyl halides is 1. The van der Waals surface area contributed by atoms with Crippen LogP contribution in [0, 0.1) is 11.7 Å². The van der Waals surface area contributed by atoms with Crippen LogP contribution in [-0.4, -0.2) is 72.1 Å². The lowest BCUT2D eigenvalue weighted by Gasteiger charge is -2.26. The molecule has 1 aromatic heterocycles. The summed E-state index contributed by atoms with van der Waals surface area (Å²) in [5.41, 5.74) is 2.32. The number of rotatable bonds is 10. The summed E-state index contributed by atoms with van der Waals surface area (Å²) in [6.07, 6.45) is 6.10. The third-order valence-corrected chi connectivity index (χ3v) is 8.53. The minimum atomic E-state index is -1.37. The molecule has 1 saturated carbocycles. The highest BCUT2D eigenvalue weighted by Crippen LogP contribution is 2.33. The molecule has 3 aliphatic rings. The predicted molar refractivity (Wildman–Crippen MR) is 173 cm³/mol. The van der Waals surface area contributed by atoms with Gasteiger partial charge in [-0.3, -0.25) is 14.4 Å². The number of aromatic nitrogens is 1. The molecule has 2 aliphatic heterocycles. The van der Waals surface area contributed by atoms with Gasteiger partial charge < -0.3 is 25.6 Å². The molecule has 0 radical (unpaired) electrons. The van der Waals surface area contributed by atoms with E-state index in [1.165, 1.54) is 42.0 Å². The van der Waals surface area contributed by atoms with E-state index in [2.05, 4.69) is 33.1 Å². The number of carbonyl (C=O) groups excluding carboxylic acids is 3. The van der Waals surface area contributed by atoms with Gasteiger partial charge in [-0.2, -0.15) is 0 Å². The van der Waals surface area contributed by atoms with Crippen LogP contribution in [-0.2, 0) is 9.59 Å². The van der Waals surface area contributed by atoms with Gasteiger partial charge in [0.1, 0.15) is 35.6 Å². The number of benzene rings is 2. The molecule has 4 atom stereocenters. The van der Waals surface area contributed by atoms with Crippen LogP contribution in [0.2, 0.25) is 0 Å². The number of hydrogen-bond donors (Lipinski definition) is 3. The second-order valence-electron chi connectivity index (χ2n) is 12.1. The molecule has 3 N–H and O–H groups in total. The normalized spacial score (nSPS) is 21.6. The average molecular weight is 654 g/mol. The second kappa shape index (κ2) is 14.6. The quantitative estimate of drug-likeness (QED) is 0.297. The monoisotopic (exact) mass is 653 g/mol. The van der Waals surface area contributed by atoms with Crippen molar-refractivity contribution in [2.75, 3.05) is 26.2 Å². The SMILES string of the molecule is C[C@H](NC(=O)[C@@H]1C[C@@H](F)CN1C(=O)CNC(=O)c1ccc2cc(F)ccc2n1)c1cc(O[C@H]2CCNC2)ccc1/C=C/C1CC1.Cl. The molecule has 6 rings (SSSR count). The number of pyridine rings is 1. The topological polar surface area (TPSA) is 113 Å². The van der Waals surface area contributed by atoms with Crippen molar-refractivity contribution >= 4 is 47.1 Å². The summed E-state index contributed by atoms with van der Waals surface area (Å²) in [6.45, 7) is 2.88. The molecular formula is C34H38ClF2N5O4. The van der Waals surface area contributed by atoms with E-state index in [1.807, 2.05) is 25.1 Å². The molecule has 244 valence electrons. The maximum Gasteiger partial charge on any atom is 0.270 e. The summed E-state index contributed by atoms with van der Waals surface area (Å²) in [4.78, 5) is 44.8. The van der Waals surface area contributed by atoms with E-state index in [4.69, 9.17) is 4.74 Å². The standard InChI is InChI=1S/C34H37F2N5O4.ClH/c1-20(28-16-26(45-27-12-13-37-17-27)9-6-22(28)5-4-21-2-3-21)39-34(44)31-15-25(36)19-41(31)32(42)18-38-33(43)30-10-7-23-14-24(35)8-11-29(23)40-30;/h4-11,14,16,20-21,25,27,31,37H,2-3,12-13,15,17-19H2,1H3,(H,38,43)(H,39,44);1H/b5-4+;/t20-,25+,27-,31-;/m0./s1. The summed E-state index contributed by atoms with van der Waals surface area (Å²) in [5.74, 6) is -0.773. The number of halogens is 3. The number of hydrogen-bond acceptors (Lipinski definition) is 6. The first-order valence-corrected chi connectivity index (χ1v) is 15.5. The molecule has 12 heteroatoms. The van der Waals surface area contributed by atoms with E-state index < -0.39 is 48.3 Å². The first kappa shape index (κ1) is 33.3. The second-order valence-corrected chi connectivity index (χ2v) is 12.1. The van der Waals surface area contributed by atoms with Gasteiger partial charge in [-0.15, -0.1) is 12.4 Å². The number of nitrogens with zero attached hydrogens (tertiary/aromatic N) is 2. The van der Waals surface area contributed by atoms with Crippen LogP contribution in [0.25, 0.3) is 17.0 Å². The fourth-order valence-corrected chi connectivity index (χ4v) is 5.87. The van der Waals surface area contributed by atoms with Crippen LogP contribution in [0.5, 0.6) is 5.75 Å². The van der Waals surface area contributed by atoms with E-state index in [-0.39, 0.29) is 37.2 Å². The highest BCUT2D eigenvalue weighted by atomic mass is 35.5. The summed E-state index contributed by atoms with van der Waals surface area (Å²) in [6, 6.07) is 11.4. The number of fused-ring (bicyclic) bond motifs is 1. The Balaban J connectivity index is 0.00000417. The zero-order chi connectivity index (χ0) is 31.5. The van der Waals surface area contributed by atoms with Crippen LogP contribution in [0.1, 0.15) is 60.3 Å². The van der Waals surface area contributed by atoms with E-state index in [9.17, 15) is 23.2 Å². The van der Waals surface area contributed by atoms with Gasteiger partial charge >= 0.3 is 0 Å². The molecule has 3 aromatic rings. The van der Waals surface area contributed by atoms with E-state index in [0.29, 0.717) is 22.6 Å². The fourth-order valence-electron chi connectivity index (χ4n) is 5.87. The predicted octanol–water partition coefficient (Wildman–Crippen LogP) is 4.51. The molecule has 2 saturated heterocycles. The third kappa shape index (κ3) is 8.00. The number of likely N-dealkylation sites (tertiary alicyclic amines) is 1. The molecule has 3 heterocycles. The lowest BCUT2D eigenvalue weighted by molar-refractivity contribution is -0.138. The van der Waals surface area contributed by atoms with Crippen molar-refractivity contribution in [3.8, 4) is 5.75 Å². The Kier molecular flexibility index (Phi) is 10.5. The maximum absolute atomic E-state index is 14.6. The molecular weight excluding hydrogens is 616 g/mol. The molecule has 3 amide bonds. The van der Waals surface area contributed by atoms with Gasteiger partial charge in [0.05, 0.1) is 24.6 Å². The molecule has 0 spiro atoms. The van der Waals surface area contributed by atoms with Gasteiger partial charge in [0, 0.05) is 18.4 Å². The minimum absolute atomic E-state index is 0. The first-order chi connectivity index (χ1) is 21.7. The van der Waals surface area contributed by atoms with Crippen molar-refractivity contribution in [3.63, 3.8) is 0 Å². The Morgan fingerprint density at radius 2 is 1.96 bits per heavy atom. The molecule has 2 aromatic carbocycles. The zero-order valence-corrected chi connectivity index (χ0v) is 26.3. The summed E-state index contributed by atoms with van der Waals surface area (Å²) >= 11 is 0. The minimum Gasteiger partial charge on any atom is -0.489 e. The van der Waals surface area contributed by atoms with Gasteiger partial charge in [-0.05, 0) is 86.2 Å². The van der Waals surface area contributed by atoms with E-state index in [1.54, 1.807) is 6.07 Å². The lowest BCUT2D eigenvalue weighted by atomic mass is 9.99. The van der Waals surface area contributed by atoms with Crippen molar-refractivity contribution in [1.29, 1.82) is 0 Å². The molecule has 9 nitrogen and oxygen atoms in total. The van der Waals surface area contributed by atoms with Gasteiger partial charge in [0.2, 0.25) is 11.8 Å². The Hall–Kier alpha value is -4.09. The molecule has 0 bridgehead atoms. The Morgan fingerprint density at radius 1 is 1.13 bits per heavy atom. The average Bonchev–Trinajstić information content (AvgIpc) is 3.56. The smallest absolute Gasteiger partial charge is 0.270 e. The highest BCUT2D eigenvalue weighted by Gasteiger charge is 2.40. The van der Waals surface area contributed by atoms with Crippen molar-refractivity contribution in [2.24, 2.45) is 5.92 Å². The van der Waals surface area contributed by atoms with Crippen LogP contribution < -0.4 is 20.7 Å². The van der Waals surface area contributed by atoms with Gasteiger partial charge in [-0.1, -0.05) is 24.3 Å². The van der Waals surface area contributed by atoms with Gasteiger partial charge in [0.15, 0.2) is 0 Å². The highest BCUT2D eigenvalue weighted by molar-refractivity contribution is 5.97. The number of nitrogens with one attached hydrogen (secondary N) is 3. The van der Waals surface area contributed by atoms with Crippen LogP contribution in [0.15, 0.2) is 54.6 Å². The summed E-state index contributed by atoms with van der Waals surface area (Å²) < 4.78 is 34.3. The largest absolute Gasteiger partial charge is 0.489 e. The Morgan fingerprint density at radius 3 is 2.72 bits per heavy atom. The number of ether oxygens (including phenoxy) is 1. The van der Waals surface area contributed by atoms with E-state index >= 15 is 0 Å². The Labute approximate surface area is 272 Å². The van der Waals surface area contributed by atoms with Crippen molar-refractivity contribution in [2.45, 2.75) is 57.0 Å². The first-order valence-electron chi connectivity index (χ1n) is 15.5. The van der Waals surface area contributed by atoms with Crippen LogP contribution in [0.4, 0.5) is 8.78 Å². The number of allylic oxidation sites excluding steroid dienone is 1. The van der Waals surface area contributed by atoms with Crippen LogP contribution >= 0.6 is 12.4 Å². The molecule has 46 heavy (non-hydrogen) atoms. The number of carbonyl (C=O) groups is 3. The molecule has 3 fully saturated rings. The van der Waals surface area contributed by atoms with Crippen molar-refractivity contribution in [3.05, 3.63) is 77.2 Å². The fraction of sp³-hybridized carbons (Fsp3) is 0.412. The van der Waals surface area contributed by atoms with Gasteiger partial charge in [-0.25, -0.2) is 13.8 Å². The van der Waals surface area contributed by atoms with E-state index in [0.717, 1.165) is 30.6 Å². The summed E-state index contributed by atoms with van der Waals surface area (Å²) in [7, 11) is 0.